The molecule has 0 bridgehead atoms. The third-order valence-electron chi connectivity index (χ3n) is 7.01. The van der Waals surface area contributed by atoms with E-state index in [1.165, 1.54) is 6.07 Å². The summed E-state index contributed by atoms with van der Waals surface area (Å²) in [6.07, 6.45) is 10.9. The summed E-state index contributed by atoms with van der Waals surface area (Å²) in [5.41, 5.74) is 0.113. The van der Waals surface area contributed by atoms with Crippen LogP contribution < -0.4 is 0 Å². The topological polar surface area (TPSA) is 124 Å². The molecule has 172 valence electrons. The van der Waals surface area contributed by atoms with Gasteiger partial charge in [-0.05, 0) is 76.7 Å². The molecule has 0 amide bonds. The summed E-state index contributed by atoms with van der Waals surface area (Å²) in [4.78, 5) is 21.7. The Balaban J connectivity index is 1.40. The molecular weight excluding hydrogens is 400 g/mol. The number of benzene rings is 1. The van der Waals surface area contributed by atoms with E-state index in [0.717, 1.165) is 70.6 Å². The Bertz CT molecular complexity index is 794. The van der Waals surface area contributed by atoms with E-state index in [4.69, 9.17) is 4.74 Å². The van der Waals surface area contributed by atoms with Crippen LogP contribution in [0, 0.1) is 5.41 Å². The third kappa shape index (κ3) is 5.83. The van der Waals surface area contributed by atoms with Crippen molar-refractivity contribution in [2.45, 2.75) is 95.5 Å². The van der Waals surface area contributed by atoms with Crippen molar-refractivity contribution in [1.29, 1.82) is 0 Å². The minimum atomic E-state index is -0.676. The number of phenols is 3. The summed E-state index contributed by atoms with van der Waals surface area (Å²) in [7, 11) is 0. The first kappa shape index (κ1) is 23.2. The fraction of sp³-hybridized carbons (Fsp3) is 0.667. The normalized spacial score (nSPS) is 17.8. The number of carbonyl (C=O) groups excluding carboxylic acids is 1. The molecule has 0 aromatic heterocycles. The van der Waals surface area contributed by atoms with Gasteiger partial charge in [-0.3, -0.25) is 9.59 Å². The fourth-order valence-electron chi connectivity index (χ4n) is 4.45. The van der Waals surface area contributed by atoms with Gasteiger partial charge in [0, 0.05) is 11.1 Å². The molecule has 2 aliphatic rings. The largest absolute Gasteiger partial charge is 0.508 e. The summed E-state index contributed by atoms with van der Waals surface area (Å²) < 4.78 is 5.12. The summed E-state index contributed by atoms with van der Waals surface area (Å²) >= 11 is 0. The van der Waals surface area contributed by atoms with Gasteiger partial charge in [0.2, 0.25) is 0 Å². The lowest BCUT2D eigenvalue weighted by Gasteiger charge is -2.15. The Labute approximate surface area is 183 Å². The number of hydrogen-bond donors (Lipinski definition) is 4. The monoisotopic (exact) mass is 434 g/mol. The van der Waals surface area contributed by atoms with Crippen LogP contribution in [0.3, 0.4) is 0 Å². The average Bonchev–Trinajstić information content (AvgIpc) is 3.65. The zero-order valence-corrected chi connectivity index (χ0v) is 18.1. The molecule has 7 nitrogen and oxygen atoms in total. The van der Waals surface area contributed by atoms with Crippen LogP contribution >= 0.6 is 0 Å². The number of carboxylic acids is 1. The van der Waals surface area contributed by atoms with Crippen molar-refractivity contribution in [1.82, 2.24) is 0 Å². The van der Waals surface area contributed by atoms with Crippen LogP contribution in [0.2, 0.25) is 0 Å². The van der Waals surface area contributed by atoms with Crippen molar-refractivity contribution in [2.75, 3.05) is 0 Å². The van der Waals surface area contributed by atoms with Crippen molar-refractivity contribution >= 4 is 12.4 Å². The minimum Gasteiger partial charge on any atom is -0.508 e. The van der Waals surface area contributed by atoms with Gasteiger partial charge < -0.3 is 25.2 Å². The minimum absolute atomic E-state index is 0.00675. The quantitative estimate of drug-likeness (QED) is 0.138. The van der Waals surface area contributed by atoms with Gasteiger partial charge in [0.1, 0.15) is 11.4 Å². The zero-order chi connectivity index (χ0) is 22.5. The van der Waals surface area contributed by atoms with E-state index >= 15 is 0 Å². The molecule has 2 fully saturated rings. The molecule has 0 saturated heterocycles. The van der Waals surface area contributed by atoms with Crippen LogP contribution in [0.1, 0.15) is 88.2 Å². The van der Waals surface area contributed by atoms with Crippen LogP contribution in [-0.4, -0.2) is 38.5 Å². The lowest BCUT2D eigenvalue weighted by molar-refractivity contribution is -0.143. The van der Waals surface area contributed by atoms with Crippen LogP contribution in [0.15, 0.2) is 6.07 Å². The number of carbonyl (C=O) groups is 2. The van der Waals surface area contributed by atoms with Crippen molar-refractivity contribution in [3.8, 4) is 17.2 Å². The summed E-state index contributed by atoms with van der Waals surface area (Å²) in [5.74, 6) is -1.10. The van der Waals surface area contributed by atoms with Crippen molar-refractivity contribution in [2.24, 2.45) is 5.41 Å². The van der Waals surface area contributed by atoms with Crippen molar-refractivity contribution < 1.29 is 34.8 Å². The second-order valence-electron chi connectivity index (χ2n) is 9.33. The Hall–Kier alpha value is -2.44. The number of unbranched alkanes of at least 4 members (excludes halogenated alkanes) is 4. The Kier molecular flexibility index (Phi) is 7.34. The maximum Gasteiger partial charge on any atom is 0.309 e. The highest BCUT2D eigenvalue weighted by Crippen LogP contribution is 2.50. The van der Waals surface area contributed by atoms with E-state index in [2.05, 4.69) is 0 Å². The number of aryl methyl sites for hydroxylation is 1. The first-order valence-corrected chi connectivity index (χ1v) is 11.4. The molecule has 0 heterocycles. The maximum absolute atomic E-state index is 11.2. The molecule has 0 spiro atoms. The number of ether oxygens (including phenoxy) is 1. The SMILES string of the molecule is O=COC1(CCCCc2c(O)cc(CCCCCCC3(C(=O)O)CC3)c(O)c2O)CC1. The highest BCUT2D eigenvalue weighted by Gasteiger charge is 2.49. The molecule has 4 N–H and O–H groups in total. The molecule has 0 aliphatic heterocycles. The highest BCUT2D eigenvalue weighted by molar-refractivity contribution is 5.77. The number of aromatic hydroxyl groups is 3. The van der Waals surface area contributed by atoms with Gasteiger partial charge in [-0.15, -0.1) is 0 Å². The molecule has 1 aromatic rings. The van der Waals surface area contributed by atoms with E-state index in [1.54, 1.807) is 0 Å². The highest BCUT2D eigenvalue weighted by atomic mass is 16.5. The Morgan fingerprint density at radius 1 is 0.903 bits per heavy atom. The summed E-state index contributed by atoms with van der Waals surface area (Å²) in [6, 6.07) is 1.53. The molecule has 0 atom stereocenters. The molecular formula is C24H34O7. The Morgan fingerprint density at radius 2 is 1.55 bits per heavy atom. The first-order valence-electron chi connectivity index (χ1n) is 11.4. The van der Waals surface area contributed by atoms with E-state index < -0.39 is 11.4 Å². The van der Waals surface area contributed by atoms with Crippen molar-refractivity contribution in [3.05, 3.63) is 17.2 Å². The van der Waals surface area contributed by atoms with Gasteiger partial charge in [0.25, 0.3) is 6.47 Å². The van der Waals surface area contributed by atoms with Gasteiger partial charge in [-0.1, -0.05) is 19.3 Å². The van der Waals surface area contributed by atoms with Gasteiger partial charge in [0.15, 0.2) is 11.5 Å². The van der Waals surface area contributed by atoms with Crippen LogP contribution in [0.4, 0.5) is 0 Å². The second kappa shape index (κ2) is 9.79. The molecule has 31 heavy (non-hydrogen) atoms. The van der Waals surface area contributed by atoms with Gasteiger partial charge in [0.05, 0.1) is 5.41 Å². The van der Waals surface area contributed by atoms with E-state index in [9.17, 15) is 30.0 Å². The fourth-order valence-corrected chi connectivity index (χ4v) is 4.45. The molecule has 1 aromatic carbocycles. The zero-order valence-electron chi connectivity index (χ0n) is 18.1. The molecule has 2 saturated carbocycles. The predicted molar refractivity (Wildman–Crippen MR) is 114 cm³/mol. The molecule has 0 unspecified atom stereocenters. The van der Waals surface area contributed by atoms with E-state index in [0.29, 0.717) is 36.9 Å². The third-order valence-corrected chi connectivity index (χ3v) is 7.01. The summed E-state index contributed by atoms with van der Waals surface area (Å²) in [5, 5.41) is 40.3. The number of carboxylic acid groups (broad SMARTS) is 1. The number of rotatable bonds is 15. The summed E-state index contributed by atoms with van der Waals surface area (Å²) in [6.45, 7) is 0.501. The maximum atomic E-state index is 11.2. The lowest BCUT2D eigenvalue weighted by Crippen LogP contribution is -2.14. The molecule has 0 radical (unpaired) electrons. The molecule has 3 rings (SSSR count). The average molecular weight is 435 g/mol. The van der Waals surface area contributed by atoms with Crippen molar-refractivity contribution in [3.63, 3.8) is 0 Å². The van der Waals surface area contributed by atoms with Crippen LogP contribution in [0.5, 0.6) is 17.2 Å². The number of aliphatic carboxylic acids is 1. The molecule has 2 aliphatic carbocycles. The number of hydrogen-bond acceptors (Lipinski definition) is 6. The van der Waals surface area contributed by atoms with Gasteiger partial charge in [-0.25, -0.2) is 0 Å². The first-order chi connectivity index (χ1) is 14.8. The number of phenolic OH excluding ortho intramolecular Hbond substituents is 3. The van der Waals surface area contributed by atoms with Crippen LogP contribution in [0.25, 0.3) is 0 Å². The van der Waals surface area contributed by atoms with E-state index in [-0.39, 0.29) is 22.8 Å². The van der Waals surface area contributed by atoms with E-state index in [1.807, 2.05) is 0 Å². The predicted octanol–water partition coefficient (Wildman–Crippen LogP) is 4.58. The second-order valence-corrected chi connectivity index (χ2v) is 9.33. The Morgan fingerprint density at radius 3 is 2.16 bits per heavy atom. The lowest BCUT2D eigenvalue weighted by atomic mass is 9.96. The van der Waals surface area contributed by atoms with Crippen LogP contribution in [-0.2, 0) is 27.2 Å². The molecule has 7 heteroatoms. The van der Waals surface area contributed by atoms with Gasteiger partial charge in [-0.2, -0.15) is 0 Å². The smallest absolute Gasteiger partial charge is 0.309 e. The van der Waals surface area contributed by atoms with Gasteiger partial charge >= 0.3 is 5.97 Å². The standard InChI is InChI=1S/C24H34O7/c25-16-31-24(13-14-24)10-6-4-8-18-19(26)15-17(20(27)21(18)28)7-3-1-2-5-9-23(11-12-23)22(29)30/h15-16,26-28H,1-14H2,(H,29,30).